The second-order valence-corrected chi connectivity index (χ2v) is 5.48. The van der Waals surface area contributed by atoms with Crippen LogP contribution in [0.5, 0.6) is 0 Å². The van der Waals surface area contributed by atoms with Crippen molar-refractivity contribution in [1.29, 1.82) is 0 Å². The van der Waals surface area contributed by atoms with Gasteiger partial charge in [0.15, 0.2) is 5.82 Å². The summed E-state index contributed by atoms with van der Waals surface area (Å²) in [5.74, 6) is -1.37. The Bertz CT molecular complexity index is 568. The molecule has 5 nitrogen and oxygen atoms in total. The number of hydrogen-bond acceptors (Lipinski definition) is 3. The lowest BCUT2D eigenvalue weighted by Crippen LogP contribution is -2.44. The van der Waals surface area contributed by atoms with E-state index >= 15 is 0 Å². The topological polar surface area (TPSA) is 58.6 Å². The highest BCUT2D eigenvalue weighted by Gasteiger charge is 2.29. The van der Waals surface area contributed by atoms with Gasteiger partial charge in [0.05, 0.1) is 23.2 Å². The Morgan fingerprint density at radius 2 is 2.27 bits per heavy atom. The molecule has 0 aliphatic carbocycles. The highest BCUT2D eigenvalue weighted by atomic mass is 35.5. The molecule has 7 heteroatoms. The van der Waals surface area contributed by atoms with Gasteiger partial charge in [-0.25, -0.2) is 9.18 Å². The van der Waals surface area contributed by atoms with Crippen LogP contribution in [0.2, 0.25) is 5.02 Å². The number of likely N-dealkylation sites (tertiary alicyclic amines) is 1. The molecule has 1 aromatic rings. The maximum absolute atomic E-state index is 13.8. The van der Waals surface area contributed by atoms with E-state index < -0.39 is 17.8 Å². The second-order valence-electron chi connectivity index (χ2n) is 5.07. The molecular formula is C15H18ClFN2O3. The number of nitrogens with zero attached hydrogens (tertiary/aromatic N) is 1. The fourth-order valence-electron chi connectivity index (χ4n) is 2.41. The minimum absolute atomic E-state index is 0.0467. The smallest absolute Gasteiger partial charge is 0.409 e. The average Bonchev–Trinajstić information content (AvgIpc) is 2.52. The van der Waals surface area contributed by atoms with Crippen LogP contribution in [0, 0.1) is 11.7 Å². The second kappa shape index (κ2) is 7.45. The van der Waals surface area contributed by atoms with Crippen molar-refractivity contribution in [2.45, 2.75) is 19.8 Å². The minimum atomic E-state index is -0.657. The fourth-order valence-corrected chi connectivity index (χ4v) is 2.58. The van der Waals surface area contributed by atoms with Gasteiger partial charge in [-0.3, -0.25) is 4.79 Å². The minimum Gasteiger partial charge on any atom is -0.450 e. The molecule has 1 N–H and O–H groups in total. The highest BCUT2D eigenvalue weighted by molar-refractivity contribution is 6.31. The number of amides is 2. The number of hydrogen-bond donors (Lipinski definition) is 1. The molecule has 1 aliphatic heterocycles. The van der Waals surface area contributed by atoms with E-state index in [0.717, 1.165) is 0 Å². The zero-order chi connectivity index (χ0) is 16.1. The molecule has 0 radical (unpaired) electrons. The number of anilines is 1. The molecule has 1 aromatic carbocycles. The number of carbonyl (C=O) groups is 2. The normalized spacial score (nSPS) is 18.0. The van der Waals surface area contributed by atoms with Crippen molar-refractivity contribution in [3.63, 3.8) is 0 Å². The van der Waals surface area contributed by atoms with Crippen LogP contribution >= 0.6 is 11.6 Å². The summed E-state index contributed by atoms with van der Waals surface area (Å²) >= 11 is 5.69. The monoisotopic (exact) mass is 328 g/mol. The van der Waals surface area contributed by atoms with Gasteiger partial charge in [-0.2, -0.15) is 0 Å². The SMILES string of the molecule is CCOC(=O)N1CCC[C@H](C(=O)Nc2cccc(Cl)c2F)C1. The first-order chi connectivity index (χ1) is 10.5. The molecule has 0 unspecified atom stereocenters. The molecule has 1 fully saturated rings. The van der Waals surface area contributed by atoms with Crippen LogP contribution in [0.4, 0.5) is 14.9 Å². The van der Waals surface area contributed by atoms with Crippen molar-refractivity contribution in [2.24, 2.45) is 5.92 Å². The standard InChI is InChI=1S/C15H18ClFN2O3/c1-2-22-15(21)19-8-4-5-10(9-19)14(20)18-12-7-3-6-11(16)13(12)17/h3,6-7,10H,2,4-5,8-9H2,1H3,(H,18,20)/t10-/m0/s1. The van der Waals surface area contributed by atoms with Gasteiger partial charge in [0, 0.05) is 13.1 Å². The number of nitrogens with one attached hydrogen (secondary N) is 1. The molecule has 0 aromatic heterocycles. The number of ether oxygens (including phenoxy) is 1. The third kappa shape index (κ3) is 3.88. The van der Waals surface area contributed by atoms with Crippen molar-refractivity contribution >= 4 is 29.3 Å². The van der Waals surface area contributed by atoms with Crippen LogP contribution in [0.3, 0.4) is 0 Å². The van der Waals surface area contributed by atoms with E-state index in [1.807, 2.05) is 0 Å². The van der Waals surface area contributed by atoms with E-state index in [4.69, 9.17) is 16.3 Å². The van der Waals surface area contributed by atoms with Gasteiger partial charge in [-0.15, -0.1) is 0 Å². The molecule has 1 aliphatic rings. The fraction of sp³-hybridized carbons (Fsp3) is 0.467. The zero-order valence-corrected chi connectivity index (χ0v) is 13.0. The third-order valence-corrected chi connectivity index (χ3v) is 3.82. The van der Waals surface area contributed by atoms with E-state index in [1.165, 1.54) is 17.0 Å². The Labute approximate surface area is 133 Å². The summed E-state index contributed by atoms with van der Waals surface area (Å²) < 4.78 is 18.7. The number of piperidine rings is 1. The van der Waals surface area contributed by atoms with Gasteiger partial charge in [0.1, 0.15) is 0 Å². The van der Waals surface area contributed by atoms with Gasteiger partial charge in [0.2, 0.25) is 5.91 Å². The molecule has 22 heavy (non-hydrogen) atoms. The first kappa shape index (κ1) is 16.5. The summed E-state index contributed by atoms with van der Waals surface area (Å²) in [6.07, 6.45) is 0.924. The van der Waals surface area contributed by atoms with Gasteiger partial charge in [0.25, 0.3) is 0 Å². The van der Waals surface area contributed by atoms with Crippen LogP contribution in [0.15, 0.2) is 18.2 Å². The van der Waals surface area contributed by atoms with Gasteiger partial charge < -0.3 is 15.0 Å². The highest BCUT2D eigenvalue weighted by Crippen LogP contribution is 2.24. The van der Waals surface area contributed by atoms with Crippen LogP contribution in [0.1, 0.15) is 19.8 Å². The molecule has 0 saturated carbocycles. The number of rotatable bonds is 3. The largest absolute Gasteiger partial charge is 0.450 e. The summed E-state index contributed by atoms with van der Waals surface area (Å²) in [7, 11) is 0. The number of benzene rings is 1. The predicted molar refractivity (Wildman–Crippen MR) is 81.4 cm³/mol. The molecule has 0 spiro atoms. The lowest BCUT2D eigenvalue weighted by Gasteiger charge is -2.31. The van der Waals surface area contributed by atoms with E-state index in [2.05, 4.69) is 5.32 Å². The summed E-state index contributed by atoms with van der Waals surface area (Å²) in [6, 6.07) is 4.42. The van der Waals surface area contributed by atoms with Crippen molar-refractivity contribution in [3.8, 4) is 0 Å². The van der Waals surface area contributed by atoms with Crippen LogP contribution < -0.4 is 5.32 Å². The Hall–Kier alpha value is -1.82. The first-order valence-electron chi connectivity index (χ1n) is 7.19. The molecule has 1 saturated heterocycles. The Balaban J connectivity index is 2.00. The molecule has 2 amide bonds. The molecule has 2 rings (SSSR count). The average molecular weight is 329 g/mol. The van der Waals surface area contributed by atoms with E-state index in [-0.39, 0.29) is 23.2 Å². The Morgan fingerprint density at radius 1 is 1.50 bits per heavy atom. The van der Waals surface area contributed by atoms with E-state index in [9.17, 15) is 14.0 Å². The maximum Gasteiger partial charge on any atom is 0.409 e. The quantitative estimate of drug-likeness (QED) is 0.926. The lowest BCUT2D eigenvalue weighted by atomic mass is 9.97. The van der Waals surface area contributed by atoms with Crippen molar-refractivity contribution in [2.75, 3.05) is 25.0 Å². The first-order valence-corrected chi connectivity index (χ1v) is 7.57. The number of halogens is 2. The van der Waals surface area contributed by atoms with Gasteiger partial charge in [-0.1, -0.05) is 17.7 Å². The summed E-state index contributed by atoms with van der Waals surface area (Å²) in [5, 5.41) is 2.49. The van der Waals surface area contributed by atoms with Crippen LogP contribution in [0.25, 0.3) is 0 Å². The maximum atomic E-state index is 13.8. The Morgan fingerprint density at radius 3 is 3.00 bits per heavy atom. The molecule has 1 atom stereocenters. The van der Waals surface area contributed by atoms with Crippen molar-refractivity contribution in [1.82, 2.24) is 4.90 Å². The van der Waals surface area contributed by atoms with Crippen molar-refractivity contribution < 1.29 is 18.7 Å². The van der Waals surface area contributed by atoms with Crippen LogP contribution in [-0.2, 0) is 9.53 Å². The summed E-state index contributed by atoms with van der Waals surface area (Å²) in [6.45, 7) is 2.86. The summed E-state index contributed by atoms with van der Waals surface area (Å²) in [4.78, 5) is 25.5. The number of carbonyl (C=O) groups excluding carboxylic acids is 2. The summed E-state index contributed by atoms with van der Waals surface area (Å²) in [5.41, 5.74) is 0.0470. The molecule has 120 valence electrons. The molecule has 1 heterocycles. The van der Waals surface area contributed by atoms with Gasteiger partial charge >= 0.3 is 6.09 Å². The van der Waals surface area contributed by atoms with E-state index in [1.54, 1.807) is 13.0 Å². The van der Waals surface area contributed by atoms with Gasteiger partial charge in [-0.05, 0) is 31.9 Å². The Kier molecular flexibility index (Phi) is 5.60. The molecule has 0 bridgehead atoms. The molecular weight excluding hydrogens is 311 g/mol. The van der Waals surface area contributed by atoms with Crippen LogP contribution in [-0.4, -0.2) is 36.6 Å². The zero-order valence-electron chi connectivity index (χ0n) is 12.3. The lowest BCUT2D eigenvalue weighted by molar-refractivity contribution is -0.121. The van der Waals surface area contributed by atoms with Crippen molar-refractivity contribution in [3.05, 3.63) is 29.0 Å². The van der Waals surface area contributed by atoms with E-state index in [0.29, 0.717) is 26.0 Å². The predicted octanol–water partition coefficient (Wildman–Crippen LogP) is 3.29. The third-order valence-electron chi connectivity index (χ3n) is 3.53.